The molecular weight excluding hydrogens is 354 g/mol. The van der Waals surface area contributed by atoms with Gasteiger partial charge in [-0.2, -0.15) is 0 Å². The molecule has 1 rings (SSSR count). The first kappa shape index (κ1) is 22.1. The highest BCUT2D eigenvalue weighted by Gasteiger charge is 2.31. The Morgan fingerprint density at radius 1 is 1.00 bits per heavy atom. The van der Waals surface area contributed by atoms with Gasteiger partial charge in [-0.15, -0.1) is 0 Å². The zero-order chi connectivity index (χ0) is 20.4. The average Bonchev–Trinajstić information content (AvgIpc) is 2.63. The zero-order valence-corrected chi connectivity index (χ0v) is 15.3. The van der Waals surface area contributed by atoms with Gasteiger partial charge in [0.1, 0.15) is 12.0 Å². The first-order valence-electron chi connectivity index (χ1n) is 8.52. The van der Waals surface area contributed by atoms with Crippen molar-refractivity contribution in [1.82, 2.24) is 16.1 Å². The van der Waals surface area contributed by atoms with Crippen LogP contribution in [0, 0.1) is 11.8 Å². The lowest BCUT2D eigenvalue weighted by Crippen LogP contribution is -2.51. The van der Waals surface area contributed by atoms with Crippen LogP contribution in [0.4, 0.5) is 0 Å². The zero-order valence-electron chi connectivity index (χ0n) is 15.3. The Hall–Kier alpha value is -2.94. The van der Waals surface area contributed by atoms with E-state index in [0.29, 0.717) is 0 Å². The quantitative estimate of drug-likeness (QED) is 0.226. The predicted molar refractivity (Wildman–Crippen MR) is 95.3 cm³/mol. The third-order valence-electron chi connectivity index (χ3n) is 3.77. The first-order chi connectivity index (χ1) is 12.7. The molecule has 1 aromatic carbocycles. The fourth-order valence-corrected chi connectivity index (χ4v) is 2.45. The number of hydroxylamine groups is 1. The Kier molecular flexibility index (Phi) is 8.94. The molecule has 0 aliphatic rings. The molecule has 1 aromatic rings. The molecule has 0 aromatic heterocycles. The number of carboxylic acids is 1. The molecule has 27 heavy (non-hydrogen) atoms. The summed E-state index contributed by atoms with van der Waals surface area (Å²) in [6, 6.07) is 7.63. The van der Waals surface area contributed by atoms with Crippen molar-refractivity contribution in [2.75, 3.05) is 0 Å². The Balaban J connectivity index is 2.81. The van der Waals surface area contributed by atoms with Gasteiger partial charge in [-0.1, -0.05) is 44.2 Å². The lowest BCUT2D eigenvalue weighted by atomic mass is 9.95. The highest BCUT2D eigenvalue weighted by atomic mass is 16.5. The summed E-state index contributed by atoms with van der Waals surface area (Å²) in [6.07, 6.45) is -0.509. The van der Waals surface area contributed by atoms with Gasteiger partial charge < -0.3 is 15.7 Å². The van der Waals surface area contributed by atoms with Gasteiger partial charge in [-0.25, -0.2) is 5.48 Å². The van der Waals surface area contributed by atoms with Gasteiger partial charge in [0.25, 0.3) is 5.91 Å². The van der Waals surface area contributed by atoms with Gasteiger partial charge >= 0.3 is 5.97 Å². The van der Waals surface area contributed by atoms with Crippen molar-refractivity contribution in [2.45, 2.75) is 39.3 Å². The van der Waals surface area contributed by atoms with Crippen molar-refractivity contribution in [3.05, 3.63) is 35.9 Å². The highest BCUT2D eigenvalue weighted by Crippen LogP contribution is 2.13. The number of hydrogen-bond donors (Lipinski definition) is 5. The number of carboxylic acid groups (broad SMARTS) is 1. The summed E-state index contributed by atoms with van der Waals surface area (Å²) in [4.78, 5) is 47.5. The van der Waals surface area contributed by atoms with Crippen LogP contribution in [0.5, 0.6) is 0 Å². The molecule has 9 heteroatoms. The molecule has 0 heterocycles. The maximum atomic E-state index is 12.4. The van der Waals surface area contributed by atoms with E-state index in [1.807, 2.05) is 6.07 Å². The summed E-state index contributed by atoms with van der Waals surface area (Å²) < 4.78 is 0. The van der Waals surface area contributed by atoms with Crippen LogP contribution in [0.3, 0.4) is 0 Å². The summed E-state index contributed by atoms with van der Waals surface area (Å²) >= 11 is 0. The number of aliphatic carboxylic acids is 1. The van der Waals surface area contributed by atoms with Gasteiger partial charge in [0, 0.05) is 6.54 Å². The monoisotopic (exact) mass is 379 g/mol. The van der Waals surface area contributed by atoms with Gasteiger partial charge in [-0.05, 0) is 17.9 Å². The van der Waals surface area contributed by atoms with Crippen LogP contribution < -0.4 is 16.1 Å². The summed E-state index contributed by atoms with van der Waals surface area (Å²) in [6.45, 7) is 3.73. The van der Waals surface area contributed by atoms with Crippen LogP contribution in [0.25, 0.3) is 0 Å². The lowest BCUT2D eigenvalue weighted by Gasteiger charge is -2.21. The van der Waals surface area contributed by atoms with Crippen LogP contribution in [0.2, 0.25) is 0 Å². The number of benzene rings is 1. The van der Waals surface area contributed by atoms with E-state index in [9.17, 15) is 19.2 Å². The Labute approximate surface area is 157 Å². The fraction of sp³-hybridized carbons (Fsp3) is 0.444. The number of carbonyl (C=O) groups excluding carboxylic acids is 3. The fourth-order valence-electron chi connectivity index (χ4n) is 2.45. The second kappa shape index (κ2) is 10.9. The third-order valence-corrected chi connectivity index (χ3v) is 3.77. The number of rotatable bonds is 10. The van der Waals surface area contributed by atoms with E-state index < -0.39 is 42.1 Å². The van der Waals surface area contributed by atoms with Gasteiger partial charge in [-0.3, -0.25) is 24.4 Å². The van der Waals surface area contributed by atoms with Crippen LogP contribution in [0.1, 0.15) is 32.3 Å². The summed E-state index contributed by atoms with van der Waals surface area (Å²) in [5.74, 6) is -4.98. The minimum absolute atomic E-state index is 0.0390. The third kappa shape index (κ3) is 7.87. The second-order valence-corrected chi connectivity index (χ2v) is 6.52. The van der Waals surface area contributed by atoms with Gasteiger partial charge in [0.05, 0.1) is 6.42 Å². The van der Waals surface area contributed by atoms with Crippen LogP contribution in [-0.2, 0) is 25.7 Å². The topological polar surface area (TPSA) is 145 Å². The predicted octanol–water partition coefficient (Wildman–Crippen LogP) is 0.430. The second-order valence-electron chi connectivity index (χ2n) is 6.52. The SMILES string of the molecule is CC(C)C[C@H](C(=O)NO)C(=O)N[C@@H](CC(=O)O)C(=O)NCc1ccccc1. The molecule has 5 N–H and O–H groups in total. The molecule has 0 fully saturated rings. The van der Waals surface area contributed by atoms with E-state index in [1.54, 1.807) is 38.1 Å². The van der Waals surface area contributed by atoms with E-state index in [2.05, 4.69) is 10.6 Å². The molecule has 0 aliphatic carbocycles. The minimum atomic E-state index is -1.35. The molecular formula is C18H25N3O6. The smallest absolute Gasteiger partial charge is 0.305 e. The maximum Gasteiger partial charge on any atom is 0.305 e. The van der Waals surface area contributed by atoms with Crippen molar-refractivity contribution in [2.24, 2.45) is 11.8 Å². The van der Waals surface area contributed by atoms with Crippen molar-refractivity contribution in [1.29, 1.82) is 0 Å². The average molecular weight is 379 g/mol. The summed E-state index contributed by atoms with van der Waals surface area (Å²) in [7, 11) is 0. The van der Waals surface area contributed by atoms with Crippen molar-refractivity contribution in [3.63, 3.8) is 0 Å². The molecule has 0 saturated heterocycles. The van der Waals surface area contributed by atoms with Gasteiger partial charge in [0.2, 0.25) is 11.8 Å². The standard InChI is InChI=1S/C18H25N3O6/c1-11(2)8-13(17(25)21-27)16(24)20-14(9-15(22)23)18(26)19-10-12-6-4-3-5-7-12/h3-7,11,13-14,27H,8-10H2,1-2H3,(H,19,26)(H,20,24)(H,21,25)(H,22,23)/t13-,14-/m0/s1. The first-order valence-corrected chi connectivity index (χ1v) is 8.52. The van der Waals surface area contributed by atoms with E-state index in [0.717, 1.165) is 5.56 Å². The number of carbonyl (C=O) groups is 4. The van der Waals surface area contributed by atoms with E-state index in [-0.39, 0.29) is 18.9 Å². The normalized spacial score (nSPS) is 12.7. The molecule has 0 aliphatic heterocycles. The summed E-state index contributed by atoms with van der Waals surface area (Å²) in [5, 5.41) is 22.7. The minimum Gasteiger partial charge on any atom is -0.481 e. The molecule has 0 spiro atoms. The van der Waals surface area contributed by atoms with Crippen LogP contribution in [-0.4, -0.2) is 40.0 Å². The maximum absolute atomic E-state index is 12.4. The number of nitrogens with one attached hydrogen (secondary N) is 3. The Bertz CT molecular complexity index is 662. The van der Waals surface area contributed by atoms with Crippen molar-refractivity contribution >= 4 is 23.7 Å². The van der Waals surface area contributed by atoms with E-state index in [4.69, 9.17) is 10.3 Å². The molecule has 3 amide bonds. The summed E-state index contributed by atoms with van der Waals surface area (Å²) in [5.41, 5.74) is 2.23. The molecule has 9 nitrogen and oxygen atoms in total. The van der Waals surface area contributed by atoms with Crippen molar-refractivity contribution in [3.8, 4) is 0 Å². The lowest BCUT2D eigenvalue weighted by molar-refractivity contribution is -0.144. The van der Waals surface area contributed by atoms with Crippen LogP contribution in [0.15, 0.2) is 30.3 Å². The van der Waals surface area contributed by atoms with Gasteiger partial charge in [0.15, 0.2) is 0 Å². The van der Waals surface area contributed by atoms with E-state index >= 15 is 0 Å². The number of amides is 3. The molecule has 148 valence electrons. The van der Waals surface area contributed by atoms with Crippen molar-refractivity contribution < 1.29 is 29.5 Å². The number of hydrogen-bond acceptors (Lipinski definition) is 5. The molecule has 0 saturated carbocycles. The molecule has 0 radical (unpaired) electrons. The largest absolute Gasteiger partial charge is 0.481 e. The van der Waals surface area contributed by atoms with E-state index in [1.165, 1.54) is 5.48 Å². The molecule has 0 bridgehead atoms. The molecule has 2 atom stereocenters. The highest BCUT2D eigenvalue weighted by molar-refractivity contribution is 6.01. The Morgan fingerprint density at radius 3 is 2.15 bits per heavy atom. The molecule has 0 unspecified atom stereocenters. The van der Waals surface area contributed by atoms with Crippen LogP contribution >= 0.6 is 0 Å². The Morgan fingerprint density at radius 2 is 1.63 bits per heavy atom.